The second-order valence-electron chi connectivity index (χ2n) is 5.15. The number of aliphatic hydroxyl groups excluding tert-OH is 1. The van der Waals surface area contributed by atoms with Gasteiger partial charge in [0, 0.05) is 0 Å². The quantitative estimate of drug-likeness (QED) is 0.716. The fourth-order valence-electron chi connectivity index (χ4n) is 2.20. The van der Waals surface area contributed by atoms with E-state index in [-0.39, 0.29) is 4.90 Å². The zero-order valence-corrected chi connectivity index (χ0v) is 14.6. The van der Waals surface area contributed by atoms with E-state index in [1.807, 2.05) is 0 Å². The first-order valence-corrected chi connectivity index (χ1v) is 8.84. The first-order valence-electron chi connectivity index (χ1n) is 7.36. The standard InChI is InChI=1S/C17H19NO6S/c1-23-13-10-8-12(9-11-13)16(19)15(17(20)24-2)18-25(21,22)14-6-4-3-5-7-14/h3-11,15-16,18-19H,1-2H3. The third kappa shape index (κ3) is 4.56. The summed E-state index contributed by atoms with van der Waals surface area (Å²) in [6.07, 6.45) is -1.43. The van der Waals surface area contributed by atoms with Crippen molar-refractivity contribution in [3.8, 4) is 5.75 Å². The molecule has 0 aromatic heterocycles. The summed E-state index contributed by atoms with van der Waals surface area (Å²) in [6.45, 7) is 0. The van der Waals surface area contributed by atoms with Gasteiger partial charge in [0.15, 0.2) is 0 Å². The minimum Gasteiger partial charge on any atom is -0.497 e. The van der Waals surface area contributed by atoms with E-state index >= 15 is 0 Å². The molecule has 0 radical (unpaired) electrons. The smallest absolute Gasteiger partial charge is 0.326 e. The number of hydrogen-bond acceptors (Lipinski definition) is 6. The van der Waals surface area contributed by atoms with E-state index in [2.05, 4.69) is 9.46 Å². The SMILES string of the molecule is COC(=O)C(NS(=O)(=O)c1ccccc1)C(O)c1ccc(OC)cc1. The minimum absolute atomic E-state index is 0.0224. The summed E-state index contributed by atoms with van der Waals surface area (Å²) in [4.78, 5) is 12.0. The molecular formula is C17H19NO6S. The maximum Gasteiger partial charge on any atom is 0.326 e. The monoisotopic (exact) mass is 365 g/mol. The molecule has 0 spiro atoms. The molecule has 2 unspecified atom stereocenters. The molecule has 0 aliphatic carbocycles. The second-order valence-corrected chi connectivity index (χ2v) is 6.87. The highest BCUT2D eigenvalue weighted by atomic mass is 32.2. The van der Waals surface area contributed by atoms with Crippen molar-refractivity contribution in [3.63, 3.8) is 0 Å². The molecular weight excluding hydrogens is 346 g/mol. The van der Waals surface area contributed by atoms with Gasteiger partial charge < -0.3 is 14.6 Å². The Morgan fingerprint density at radius 3 is 2.16 bits per heavy atom. The first-order chi connectivity index (χ1) is 11.9. The fraction of sp³-hybridized carbons (Fsp3) is 0.235. The summed E-state index contributed by atoms with van der Waals surface area (Å²) in [5.41, 5.74) is 0.340. The van der Waals surface area contributed by atoms with Crippen LogP contribution in [0.25, 0.3) is 0 Å². The Kier molecular flexibility index (Phi) is 6.13. The van der Waals surface area contributed by atoms with Gasteiger partial charge in [-0.1, -0.05) is 30.3 Å². The highest BCUT2D eigenvalue weighted by Crippen LogP contribution is 2.22. The van der Waals surface area contributed by atoms with Crippen LogP contribution < -0.4 is 9.46 Å². The van der Waals surface area contributed by atoms with E-state index in [1.165, 1.54) is 31.4 Å². The van der Waals surface area contributed by atoms with Crippen LogP contribution in [0.2, 0.25) is 0 Å². The summed E-state index contributed by atoms with van der Waals surface area (Å²) in [6, 6.07) is 12.3. The molecule has 0 saturated heterocycles. The topological polar surface area (TPSA) is 102 Å². The number of benzene rings is 2. The lowest BCUT2D eigenvalue weighted by atomic mass is 10.0. The lowest BCUT2D eigenvalue weighted by molar-refractivity contribution is -0.145. The number of ether oxygens (including phenoxy) is 2. The van der Waals surface area contributed by atoms with Gasteiger partial charge in [0.25, 0.3) is 0 Å². The summed E-state index contributed by atoms with van der Waals surface area (Å²) in [5.74, 6) is -0.335. The maximum absolute atomic E-state index is 12.4. The van der Waals surface area contributed by atoms with Crippen molar-refractivity contribution in [2.45, 2.75) is 17.0 Å². The number of sulfonamides is 1. The van der Waals surface area contributed by atoms with Crippen molar-refractivity contribution >= 4 is 16.0 Å². The van der Waals surface area contributed by atoms with Crippen LogP contribution in [0, 0.1) is 0 Å². The van der Waals surface area contributed by atoms with Crippen LogP contribution in [0.1, 0.15) is 11.7 Å². The summed E-state index contributed by atoms with van der Waals surface area (Å²) in [5, 5.41) is 10.5. The Labute approximate surface area is 146 Å². The van der Waals surface area contributed by atoms with Crippen molar-refractivity contribution < 1.29 is 27.8 Å². The van der Waals surface area contributed by atoms with Crippen LogP contribution in [0.15, 0.2) is 59.5 Å². The van der Waals surface area contributed by atoms with Gasteiger partial charge in [-0.2, -0.15) is 4.72 Å². The van der Waals surface area contributed by atoms with E-state index in [1.54, 1.807) is 30.3 Å². The predicted molar refractivity (Wildman–Crippen MR) is 90.5 cm³/mol. The highest BCUT2D eigenvalue weighted by Gasteiger charge is 2.33. The summed E-state index contributed by atoms with van der Waals surface area (Å²) < 4.78 is 36.8. The number of carbonyl (C=O) groups excluding carboxylic acids is 1. The molecule has 0 bridgehead atoms. The van der Waals surface area contributed by atoms with Gasteiger partial charge >= 0.3 is 5.97 Å². The Bertz CT molecular complexity index is 805. The van der Waals surface area contributed by atoms with E-state index in [0.29, 0.717) is 11.3 Å². The normalized spacial score (nSPS) is 13.7. The summed E-state index contributed by atoms with van der Waals surface area (Å²) >= 11 is 0. The number of esters is 1. The maximum atomic E-state index is 12.4. The molecule has 2 aromatic rings. The molecule has 0 heterocycles. The number of rotatable bonds is 7. The number of aliphatic hydroxyl groups is 1. The number of hydrogen-bond donors (Lipinski definition) is 2. The van der Waals surface area contributed by atoms with Crippen LogP contribution >= 0.6 is 0 Å². The van der Waals surface area contributed by atoms with Crippen molar-refractivity contribution in [2.75, 3.05) is 14.2 Å². The molecule has 2 N–H and O–H groups in total. The lowest BCUT2D eigenvalue weighted by Crippen LogP contribution is -2.45. The van der Waals surface area contributed by atoms with Crippen molar-refractivity contribution in [1.82, 2.24) is 4.72 Å². The zero-order valence-electron chi connectivity index (χ0n) is 13.7. The van der Waals surface area contributed by atoms with Crippen LogP contribution in [0.3, 0.4) is 0 Å². The largest absolute Gasteiger partial charge is 0.497 e. The van der Waals surface area contributed by atoms with Gasteiger partial charge in [-0.3, -0.25) is 4.79 Å². The van der Waals surface area contributed by atoms with Gasteiger partial charge in [0.1, 0.15) is 17.9 Å². The molecule has 8 heteroatoms. The Hall–Kier alpha value is -2.42. The van der Waals surface area contributed by atoms with Crippen LogP contribution in [-0.4, -0.2) is 39.8 Å². The first kappa shape index (κ1) is 18.9. The predicted octanol–water partition coefficient (Wildman–Crippen LogP) is 1.25. The van der Waals surface area contributed by atoms with Crippen LogP contribution in [0.4, 0.5) is 0 Å². The van der Waals surface area contributed by atoms with Crippen molar-refractivity contribution in [2.24, 2.45) is 0 Å². The van der Waals surface area contributed by atoms with Gasteiger partial charge in [-0.25, -0.2) is 8.42 Å². The molecule has 2 aromatic carbocycles. The van der Waals surface area contributed by atoms with Gasteiger partial charge in [-0.15, -0.1) is 0 Å². The molecule has 25 heavy (non-hydrogen) atoms. The Morgan fingerprint density at radius 1 is 1.04 bits per heavy atom. The number of methoxy groups -OCH3 is 2. The van der Waals surface area contributed by atoms with E-state index in [9.17, 15) is 18.3 Å². The van der Waals surface area contributed by atoms with Gasteiger partial charge in [0.05, 0.1) is 19.1 Å². The van der Waals surface area contributed by atoms with E-state index in [0.717, 1.165) is 7.11 Å². The molecule has 7 nitrogen and oxygen atoms in total. The van der Waals surface area contributed by atoms with E-state index < -0.39 is 28.1 Å². The van der Waals surface area contributed by atoms with Gasteiger partial charge in [-0.05, 0) is 29.8 Å². The summed E-state index contributed by atoms with van der Waals surface area (Å²) in [7, 11) is -1.40. The molecule has 134 valence electrons. The molecule has 0 saturated carbocycles. The van der Waals surface area contributed by atoms with Gasteiger partial charge in [0.2, 0.25) is 10.0 Å². The molecule has 0 aliphatic heterocycles. The fourth-order valence-corrected chi connectivity index (χ4v) is 3.41. The Balaban J connectivity index is 2.31. The average molecular weight is 365 g/mol. The molecule has 2 atom stereocenters. The molecule has 2 rings (SSSR count). The molecule has 0 aliphatic rings. The Morgan fingerprint density at radius 2 is 1.64 bits per heavy atom. The molecule has 0 fully saturated rings. The number of nitrogens with one attached hydrogen (secondary N) is 1. The molecule has 0 amide bonds. The third-order valence-electron chi connectivity index (χ3n) is 3.56. The second kappa shape index (κ2) is 8.11. The van der Waals surface area contributed by atoms with Crippen LogP contribution in [-0.2, 0) is 19.6 Å². The van der Waals surface area contributed by atoms with E-state index in [4.69, 9.17) is 4.74 Å². The lowest BCUT2D eigenvalue weighted by Gasteiger charge is -2.22. The minimum atomic E-state index is -4.02. The number of carbonyl (C=O) groups is 1. The average Bonchev–Trinajstić information content (AvgIpc) is 2.65. The third-order valence-corrected chi connectivity index (χ3v) is 5.02. The van der Waals surface area contributed by atoms with Crippen molar-refractivity contribution in [3.05, 3.63) is 60.2 Å². The van der Waals surface area contributed by atoms with Crippen molar-refractivity contribution in [1.29, 1.82) is 0 Å². The van der Waals surface area contributed by atoms with Crippen LogP contribution in [0.5, 0.6) is 5.75 Å². The zero-order chi connectivity index (χ0) is 18.4. The highest BCUT2D eigenvalue weighted by molar-refractivity contribution is 7.89.